The summed E-state index contributed by atoms with van der Waals surface area (Å²) in [5.74, 6) is 0.252. The predicted molar refractivity (Wildman–Crippen MR) is 57.9 cm³/mol. The predicted octanol–water partition coefficient (Wildman–Crippen LogP) is 1.51. The van der Waals surface area contributed by atoms with Crippen molar-refractivity contribution in [2.75, 3.05) is 13.6 Å². The molecule has 0 aromatic rings. The molecule has 0 fully saturated rings. The molecule has 0 bridgehead atoms. The van der Waals surface area contributed by atoms with Crippen molar-refractivity contribution >= 4 is 5.91 Å². The molecule has 0 saturated heterocycles. The monoisotopic (exact) mass is 201 g/mol. The normalized spacial score (nSPS) is 14.3. The number of nitrogens with zero attached hydrogens (tertiary/aromatic N) is 1. The van der Waals surface area contributed by atoms with Crippen LogP contribution in [0.3, 0.4) is 0 Å². The van der Waals surface area contributed by atoms with E-state index in [9.17, 15) is 9.90 Å². The maximum absolute atomic E-state index is 11.7. The summed E-state index contributed by atoms with van der Waals surface area (Å²) in [6.45, 7) is 9.95. The van der Waals surface area contributed by atoms with Crippen LogP contribution in [0.4, 0.5) is 0 Å². The Morgan fingerprint density at radius 1 is 1.36 bits per heavy atom. The molecule has 1 amide bonds. The molecular weight excluding hydrogens is 178 g/mol. The van der Waals surface area contributed by atoms with Crippen LogP contribution in [0.15, 0.2) is 0 Å². The first-order valence-corrected chi connectivity index (χ1v) is 5.10. The average Bonchev–Trinajstić information content (AvgIpc) is 2.00. The zero-order valence-electron chi connectivity index (χ0n) is 10.2. The minimum absolute atomic E-state index is 0.0669. The van der Waals surface area contributed by atoms with Crippen LogP contribution in [0.2, 0.25) is 0 Å². The first-order valence-electron chi connectivity index (χ1n) is 5.10. The maximum Gasteiger partial charge on any atom is 0.227 e. The van der Waals surface area contributed by atoms with Crippen LogP contribution in [0.1, 0.15) is 34.6 Å². The number of carbonyl (C=O) groups is 1. The zero-order chi connectivity index (χ0) is 11.5. The first kappa shape index (κ1) is 13.4. The fourth-order valence-electron chi connectivity index (χ4n) is 1.15. The second kappa shape index (κ2) is 4.78. The van der Waals surface area contributed by atoms with Crippen LogP contribution >= 0.6 is 0 Å². The molecule has 0 unspecified atom stereocenters. The standard InChI is InChI=1S/C11H23NO2/c1-8(2)9(13)7-12(6)10(14)11(3,4)5/h8-9,13H,7H2,1-6H3/t9-/m1/s1. The summed E-state index contributed by atoms with van der Waals surface area (Å²) < 4.78 is 0. The number of carbonyl (C=O) groups excluding carboxylic acids is 1. The van der Waals surface area contributed by atoms with E-state index < -0.39 is 6.10 Å². The van der Waals surface area contributed by atoms with E-state index >= 15 is 0 Å². The van der Waals surface area contributed by atoms with E-state index in [0.717, 1.165) is 0 Å². The molecule has 14 heavy (non-hydrogen) atoms. The fraction of sp³-hybridized carbons (Fsp3) is 0.909. The summed E-state index contributed by atoms with van der Waals surface area (Å²) in [7, 11) is 1.74. The highest BCUT2D eigenvalue weighted by atomic mass is 16.3. The van der Waals surface area contributed by atoms with E-state index in [1.165, 1.54) is 0 Å². The molecule has 0 heterocycles. The van der Waals surface area contributed by atoms with Crippen LogP contribution in [0, 0.1) is 11.3 Å². The average molecular weight is 201 g/mol. The highest BCUT2D eigenvalue weighted by Gasteiger charge is 2.26. The number of rotatable bonds is 3. The van der Waals surface area contributed by atoms with Gasteiger partial charge in [-0.25, -0.2) is 0 Å². The Kier molecular flexibility index (Phi) is 4.59. The Hall–Kier alpha value is -0.570. The third-order valence-electron chi connectivity index (χ3n) is 2.22. The van der Waals surface area contributed by atoms with Gasteiger partial charge in [0.2, 0.25) is 5.91 Å². The van der Waals surface area contributed by atoms with Crippen molar-refractivity contribution in [2.24, 2.45) is 11.3 Å². The van der Waals surface area contributed by atoms with Crippen LogP contribution < -0.4 is 0 Å². The second-order valence-electron chi connectivity index (χ2n) is 5.25. The molecule has 1 N–H and O–H groups in total. The number of aliphatic hydroxyl groups is 1. The minimum Gasteiger partial charge on any atom is -0.391 e. The van der Waals surface area contributed by atoms with Crippen LogP contribution in [0.25, 0.3) is 0 Å². The van der Waals surface area contributed by atoms with Gasteiger partial charge in [0.05, 0.1) is 6.10 Å². The van der Waals surface area contributed by atoms with Crippen molar-refractivity contribution in [3.8, 4) is 0 Å². The highest BCUT2D eigenvalue weighted by molar-refractivity contribution is 5.81. The number of hydrogen-bond donors (Lipinski definition) is 1. The van der Waals surface area contributed by atoms with Gasteiger partial charge in [0.1, 0.15) is 0 Å². The molecule has 0 aromatic carbocycles. The molecular formula is C11H23NO2. The van der Waals surface area contributed by atoms with Crippen molar-refractivity contribution in [1.82, 2.24) is 4.90 Å². The molecule has 1 atom stereocenters. The highest BCUT2D eigenvalue weighted by Crippen LogP contribution is 2.17. The molecule has 0 spiro atoms. The van der Waals surface area contributed by atoms with Crippen molar-refractivity contribution < 1.29 is 9.90 Å². The Labute approximate surface area is 87.1 Å². The van der Waals surface area contributed by atoms with Crippen molar-refractivity contribution in [3.05, 3.63) is 0 Å². The van der Waals surface area contributed by atoms with Crippen molar-refractivity contribution in [3.63, 3.8) is 0 Å². The van der Waals surface area contributed by atoms with Gasteiger partial charge >= 0.3 is 0 Å². The lowest BCUT2D eigenvalue weighted by Crippen LogP contribution is -2.42. The Balaban J connectivity index is 4.22. The van der Waals surface area contributed by atoms with Gasteiger partial charge in [0.15, 0.2) is 0 Å². The SMILES string of the molecule is CC(C)[C@H](O)CN(C)C(=O)C(C)(C)C. The van der Waals surface area contributed by atoms with E-state index in [1.807, 2.05) is 34.6 Å². The van der Waals surface area contributed by atoms with Gasteiger partial charge in [-0.3, -0.25) is 4.79 Å². The first-order chi connectivity index (χ1) is 6.16. The number of amides is 1. The molecule has 0 saturated carbocycles. The third-order valence-corrected chi connectivity index (χ3v) is 2.22. The lowest BCUT2D eigenvalue weighted by molar-refractivity contribution is -0.139. The fourth-order valence-corrected chi connectivity index (χ4v) is 1.15. The van der Waals surface area contributed by atoms with Gasteiger partial charge in [-0.1, -0.05) is 34.6 Å². The van der Waals surface area contributed by atoms with E-state index in [2.05, 4.69) is 0 Å². The van der Waals surface area contributed by atoms with Crippen molar-refractivity contribution in [2.45, 2.75) is 40.7 Å². The molecule has 0 rings (SSSR count). The molecule has 0 aromatic heterocycles. The van der Waals surface area contributed by atoms with E-state index in [4.69, 9.17) is 0 Å². The summed E-state index contributed by atoms with van der Waals surface area (Å²) in [4.78, 5) is 13.3. The van der Waals surface area contributed by atoms with Gasteiger partial charge in [-0.2, -0.15) is 0 Å². The summed E-state index contributed by atoms with van der Waals surface area (Å²) in [5.41, 5.74) is -0.370. The summed E-state index contributed by atoms with van der Waals surface area (Å²) in [5, 5.41) is 9.62. The number of likely N-dealkylation sites (N-methyl/N-ethyl adjacent to an activating group) is 1. The smallest absolute Gasteiger partial charge is 0.227 e. The molecule has 0 aliphatic rings. The quantitative estimate of drug-likeness (QED) is 0.752. The third kappa shape index (κ3) is 4.09. The van der Waals surface area contributed by atoms with Gasteiger partial charge in [-0.15, -0.1) is 0 Å². The topological polar surface area (TPSA) is 40.5 Å². The molecule has 0 aliphatic carbocycles. The van der Waals surface area contributed by atoms with E-state index in [0.29, 0.717) is 6.54 Å². The van der Waals surface area contributed by atoms with Gasteiger partial charge in [0, 0.05) is 19.0 Å². The number of hydrogen-bond acceptors (Lipinski definition) is 2. The molecule has 3 nitrogen and oxygen atoms in total. The lowest BCUT2D eigenvalue weighted by Gasteiger charge is -2.28. The van der Waals surface area contributed by atoms with E-state index in [1.54, 1.807) is 11.9 Å². The molecule has 0 aliphatic heterocycles. The summed E-state index contributed by atoms with van der Waals surface area (Å²) in [6.07, 6.45) is -0.439. The lowest BCUT2D eigenvalue weighted by atomic mass is 9.94. The van der Waals surface area contributed by atoms with Crippen LogP contribution in [-0.2, 0) is 4.79 Å². The second-order valence-corrected chi connectivity index (χ2v) is 5.25. The van der Waals surface area contributed by atoms with Crippen LogP contribution in [-0.4, -0.2) is 35.6 Å². The Bertz CT molecular complexity index is 194. The molecule has 3 heteroatoms. The minimum atomic E-state index is -0.439. The largest absolute Gasteiger partial charge is 0.391 e. The van der Waals surface area contributed by atoms with Gasteiger partial charge in [0.25, 0.3) is 0 Å². The zero-order valence-corrected chi connectivity index (χ0v) is 10.2. The van der Waals surface area contributed by atoms with E-state index in [-0.39, 0.29) is 17.2 Å². The summed E-state index contributed by atoms with van der Waals surface area (Å²) in [6, 6.07) is 0. The Morgan fingerprint density at radius 3 is 2.07 bits per heavy atom. The Morgan fingerprint density at radius 2 is 1.79 bits per heavy atom. The van der Waals surface area contributed by atoms with Crippen molar-refractivity contribution in [1.29, 1.82) is 0 Å². The summed E-state index contributed by atoms with van der Waals surface area (Å²) >= 11 is 0. The maximum atomic E-state index is 11.7. The number of aliphatic hydroxyl groups excluding tert-OH is 1. The molecule has 84 valence electrons. The van der Waals surface area contributed by atoms with Gasteiger partial charge < -0.3 is 10.0 Å². The molecule has 0 radical (unpaired) electrons. The van der Waals surface area contributed by atoms with Gasteiger partial charge in [-0.05, 0) is 5.92 Å². The van der Waals surface area contributed by atoms with Crippen LogP contribution in [0.5, 0.6) is 0 Å².